The van der Waals surface area contributed by atoms with Crippen molar-refractivity contribution >= 4 is 17.6 Å². The molecule has 0 atom stereocenters. The fourth-order valence-electron chi connectivity index (χ4n) is 3.01. The number of hydrogen-bond acceptors (Lipinski definition) is 5. The molecule has 2 N–H and O–H groups in total. The summed E-state index contributed by atoms with van der Waals surface area (Å²) >= 11 is 0. The topological polar surface area (TPSA) is 101 Å². The van der Waals surface area contributed by atoms with Gasteiger partial charge in [0.05, 0.1) is 18.4 Å². The Kier molecular flexibility index (Phi) is 4.44. The van der Waals surface area contributed by atoms with Crippen LogP contribution < -0.4 is 5.73 Å². The molecule has 7 nitrogen and oxygen atoms in total. The van der Waals surface area contributed by atoms with Gasteiger partial charge in [-0.1, -0.05) is 6.07 Å². The maximum Gasteiger partial charge on any atom is 0.357 e. The second kappa shape index (κ2) is 6.69. The number of nitrogens with two attached hydrogens (primary N) is 1. The van der Waals surface area contributed by atoms with Crippen LogP contribution in [0.3, 0.4) is 0 Å². The summed E-state index contributed by atoms with van der Waals surface area (Å²) < 4.78 is 6.26. The van der Waals surface area contributed by atoms with E-state index in [1.54, 1.807) is 24.3 Å². The van der Waals surface area contributed by atoms with E-state index in [0.29, 0.717) is 11.3 Å². The zero-order valence-electron chi connectivity index (χ0n) is 13.9. The Morgan fingerprint density at radius 3 is 2.64 bits per heavy atom. The van der Waals surface area contributed by atoms with Crippen molar-refractivity contribution in [3.63, 3.8) is 0 Å². The Bertz CT molecular complexity index is 873. The van der Waals surface area contributed by atoms with Crippen LogP contribution in [-0.2, 0) is 4.74 Å². The molecule has 1 aromatic carbocycles. The number of anilines is 1. The van der Waals surface area contributed by atoms with Crippen LogP contribution >= 0.6 is 0 Å². The first-order valence-electron chi connectivity index (χ1n) is 7.95. The van der Waals surface area contributed by atoms with Gasteiger partial charge in [0.1, 0.15) is 6.07 Å². The molecule has 2 heterocycles. The fourth-order valence-corrected chi connectivity index (χ4v) is 3.01. The molecule has 2 aromatic rings. The van der Waals surface area contributed by atoms with Crippen molar-refractivity contribution in [1.82, 2.24) is 9.47 Å². The van der Waals surface area contributed by atoms with Gasteiger partial charge in [-0.3, -0.25) is 4.79 Å². The molecule has 0 aliphatic carbocycles. The molecule has 1 aromatic heterocycles. The van der Waals surface area contributed by atoms with Crippen LogP contribution in [0, 0.1) is 11.3 Å². The largest absolute Gasteiger partial charge is 0.464 e. The number of rotatable bonds is 3. The van der Waals surface area contributed by atoms with Crippen molar-refractivity contribution in [3.8, 4) is 11.8 Å². The number of hydrogen-bond donors (Lipinski definition) is 1. The molecule has 7 heteroatoms. The van der Waals surface area contributed by atoms with Crippen LogP contribution in [-0.4, -0.2) is 41.5 Å². The number of methoxy groups -OCH3 is 1. The SMILES string of the molecule is COC(=O)c1c(N)c(C#N)cn1-c1cccc(C(=O)N2CCCC2)c1. The highest BCUT2D eigenvalue weighted by atomic mass is 16.5. The molecule has 25 heavy (non-hydrogen) atoms. The summed E-state index contributed by atoms with van der Waals surface area (Å²) in [7, 11) is 1.25. The molecule has 0 spiro atoms. The first-order chi connectivity index (χ1) is 12.1. The van der Waals surface area contributed by atoms with Crippen LogP contribution in [0.4, 0.5) is 5.69 Å². The number of amides is 1. The van der Waals surface area contributed by atoms with Crippen molar-refractivity contribution in [2.75, 3.05) is 25.9 Å². The Morgan fingerprint density at radius 1 is 1.28 bits per heavy atom. The van der Waals surface area contributed by atoms with E-state index in [4.69, 9.17) is 10.5 Å². The summed E-state index contributed by atoms with van der Waals surface area (Å²) in [4.78, 5) is 26.5. The Labute approximate surface area is 145 Å². The molecule has 0 bridgehead atoms. The van der Waals surface area contributed by atoms with Gasteiger partial charge in [0, 0.05) is 30.5 Å². The molecule has 0 unspecified atom stereocenters. The summed E-state index contributed by atoms with van der Waals surface area (Å²) in [6.45, 7) is 1.51. The molecule has 0 saturated carbocycles. The molecule has 1 amide bonds. The molecular formula is C18H18N4O3. The maximum atomic E-state index is 12.6. The van der Waals surface area contributed by atoms with E-state index in [1.165, 1.54) is 17.9 Å². The normalized spacial score (nSPS) is 13.5. The number of carbonyl (C=O) groups is 2. The molecule has 0 radical (unpaired) electrons. The van der Waals surface area contributed by atoms with Crippen LogP contribution in [0.5, 0.6) is 0 Å². The van der Waals surface area contributed by atoms with Crippen LogP contribution in [0.2, 0.25) is 0 Å². The minimum Gasteiger partial charge on any atom is -0.464 e. The third kappa shape index (κ3) is 2.94. The van der Waals surface area contributed by atoms with E-state index in [0.717, 1.165) is 25.9 Å². The van der Waals surface area contributed by atoms with Crippen molar-refractivity contribution < 1.29 is 14.3 Å². The summed E-state index contributed by atoms with van der Waals surface area (Å²) in [5.74, 6) is -0.685. The number of nitrogen functional groups attached to an aromatic ring is 1. The van der Waals surface area contributed by atoms with Gasteiger partial charge in [0.15, 0.2) is 5.69 Å². The molecular weight excluding hydrogens is 320 g/mol. The fraction of sp³-hybridized carbons (Fsp3) is 0.278. The number of likely N-dealkylation sites (tertiary alicyclic amines) is 1. The number of esters is 1. The highest BCUT2D eigenvalue weighted by molar-refractivity contribution is 5.97. The first-order valence-corrected chi connectivity index (χ1v) is 7.95. The van der Waals surface area contributed by atoms with Gasteiger partial charge < -0.3 is 19.9 Å². The molecule has 1 aliphatic rings. The van der Waals surface area contributed by atoms with Gasteiger partial charge >= 0.3 is 5.97 Å². The van der Waals surface area contributed by atoms with Crippen LogP contribution in [0.15, 0.2) is 30.5 Å². The first kappa shape index (κ1) is 16.6. The van der Waals surface area contributed by atoms with E-state index in [2.05, 4.69) is 0 Å². The summed E-state index contributed by atoms with van der Waals surface area (Å²) in [6.07, 6.45) is 3.50. The number of nitriles is 1. The minimum absolute atomic E-state index is 0.0420. The van der Waals surface area contributed by atoms with Gasteiger partial charge in [-0.25, -0.2) is 4.79 Å². The zero-order valence-corrected chi connectivity index (χ0v) is 13.9. The van der Waals surface area contributed by atoms with Crippen molar-refractivity contribution in [2.24, 2.45) is 0 Å². The monoisotopic (exact) mass is 338 g/mol. The van der Waals surface area contributed by atoms with Gasteiger partial charge in [-0.05, 0) is 31.0 Å². The second-order valence-electron chi connectivity index (χ2n) is 5.83. The highest BCUT2D eigenvalue weighted by Gasteiger charge is 2.23. The molecule has 3 rings (SSSR count). The average Bonchev–Trinajstić information content (AvgIpc) is 3.28. The predicted octanol–water partition coefficient (Wildman–Crippen LogP) is 1.95. The number of ether oxygens (including phenoxy) is 1. The Balaban J connectivity index is 2.05. The average molecular weight is 338 g/mol. The Hall–Kier alpha value is -3.27. The standard InChI is InChI=1S/C18H18N4O3/c1-25-18(24)16-15(20)13(10-19)11-22(16)14-6-4-5-12(9-14)17(23)21-7-2-3-8-21/h4-6,9,11H,2-3,7-8,20H2,1H3. The molecule has 1 saturated heterocycles. The third-order valence-corrected chi connectivity index (χ3v) is 4.31. The lowest BCUT2D eigenvalue weighted by Gasteiger charge is -2.16. The smallest absolute Gasteiger partial charge is 0.357 e. The van der Waals surface area contributed by atoms with Gasteiger partial charge in [0.25, 0.3) is 5.91 Å². The van der Waals surface area contributed by atoms with Crippen LogP contribution in [0.1, 0.15) is 39.3 Å². The van der Waals surface area contributed by atoms with E-state index in [-0.39, 0.29) is 22.9 Å². The van der Waals surface area contributed by atoms with E-state index in [9.17, 15) is 14.9 Å². The van der Waals surface area contributed by atoms with Gasteiger partial charge in [0.2, 0.25) is 0 Å². The summed E-state index contributed by atoms with van der Waals surface area (Å²) in [5, 5.41) is 9.19. The zero-order chi connectivity index (χ0) is 18.0. The lowest BCUT2D eigenvalue weighted by atomic mass is 10.1. The quantitative estimate of drug-likeness (QED) is 0.862. The number of nitrogens with zero attached hydrogens (tertiary/aromatic N) is 3. The lowest BCUT2D eigenvalue weighted by molar-refractivity contribution is 0.0592. The number of benzene rings is 1. The van der Waals surface area contributed by atoms with Gasteiger partial charge in [-0.2, -0.15) is 5.26 Å². The van der Waals surface area contributed by atoms with Crippen molar-refractivity contribution in [1.29, 1.82) is 5.26 Å². The summed E-state index contributed by atoms with van der Waals surface area (Å²) in [6, 6.07) is 8.86. The second-order valence-corrected chi connectivity index (χ2v) is 5.83. The summed E-state index contributed by atoms with van der Waals surface area (Å²) in [5.41, 5.74) is 7.32. The maximum absolute atomic E-state index is 12.6. The molecule has 1 aliphatic heterocycles. The van der Waals surface area contributed by atoms with Crippen LogP contribution in [0.25, 0.3) is 5.69 Å². The highest BCUT2D eigenvalue weighted by Crippen LogP contribution is 2.25. The van der Waals surface area contributed by atoms with Gasteiger partial charge in [-0.15, -0.1) is 0 Å². The lowest BCUT2D eigenvalue weighted by Crippen LogP contribution is -2.27. The van der Waals surface area contributed by atoms with Crippen molar-refractivity contribution in [2.45, 2.75) is 12.8 Å². The van der Waals surface area contributed by atoms with E-state index >= 15 is 0 Å². The minimum atomic E-state index is -0.643. The van der Waals surface area contributed by atoms with Crippen molar-refractivity contribution in [3.05, 3.63) is 47.3 Å². The molecule has 128 valence electrons. The number of aromatic nitrogens is 1. The predicted molar refractivity (Wildman–Crippen MR) is 91.4 cm³/mol. The number of carbonyl (C=O) groups excluding carboxylic acids is 2. The third-order valence-electron chi connectivity index (χ3n) is 4.31. The Morgan fingerprint density at radius 2 is 2.00 bits per heavy atom. The van der Waals surface area contributed by atoms with E-state index < -0.39 is 5.97 Å². The van der Waals surface area contributed by atoms with E-state index in [1.807, 2.05) is 11.0 Å². The molecule has 1 fully saturated rings.